The summed E-state index contributed by atoms with van der Waals surface area (Å²) < 4.78 is 0. The van der Waals surface area contributed by atoms with E-state index in [2.05, 4.69) is 15.3 Å². The van der Waals surface area contributed by atoms with Crippen molar-refractivity contribution in [2.45, 2.75) is 29.8 Å². The van der Waals surface area contributed by atoms with Crippen molar-refractivity contribution in [2.24, 2.45) is 0 Å². The van der Waals surface area contributed by atoms with Gasteiger partial charge < -0.3 is 10.2 Å². The van der Waals surface area contributed by atoms with Gasteiger partial charge in [0.15, 0.2) is 0 Å². The van der Waals surface area contributed by atoms with Crippen molar-refractivity contribution in [2.75, 3.05) is 11.4 Å². The molecule has 0 saturated heterocycles. The quantitative estimate of drug-likeness (QED) is 0.697. The number of carbonyl (C=O) groups excluding carboxylic acids is 2. The van der Waals surface area contributed by atoms with Crippen LogP contribution in [0.15, 0.2) is 71.0 Å². The van der Waals surface area contributed by atoms with E-state index in [4.69, 9.17) is 0 Å². The average Bonchev–Trinajstić information content (AvgIpc) is 2.87. The minimum absolute atomic E-state index is 0.0602. The first kappa shape index (κ1) is 19.1. The zero-order chi connectivity index (χ0) is 20.2. The van der Waals surface area contributed by atoms with Crippen LogP contribution in [0.25, 0.3) is 0 Å². The number of amides is 2. The zero-order valence-corrected chi connectivity index (χ0v) is 16.8. The number of hydrogen-bond acceptors (Lipinski definition) is 5. The second kappa shape index (κ2) is 8.45. The largest absolute Gasteiger partial charge is 0.348 e. The van der Waals surface area contributed by atoms with Crippen molar-refractivity contribution in [1.82, 2.24) is 15.3 Å². The molecule has 3 aromatic rings. The van der Waals surface area contributed by atoms with Gasteiger partial charge in [0.1, 0.15) is 5.03 Å². The van der Waals surface area contributed by atoms with Crippen LogP contribution in [-0.2, 0) is 6.54 Å². The van der Waals surface area contributed by atoms with Crippen molar-refractivity contribution in [1.29, 1.82) is 0 Å². The van der Waals surface area contributed by atoms with Crippen LogP contribution in [0.2, 0.25) is 0 Å². The summed E-state index contributed by atoms with van der Waals surface area (Å²) in [6.45, 7) is 3.05. The van der Waals surface area contributed by atoms with Gasteiger partial charge in [-0.05, 0) is 48.4 Å². The fraction of sp³-hybridized carbons (Fsp3) is 0.182. The van der Waals surface area contributed by atoms with Gasteiger partial charge in [0.25, 0.3) is 11.8 Å². The molecule has 7 heteroatoms. The topological polar surface area (TPSA) is 75.2 Å². The number of aromatic nitrogens is 2. The standard InChI is InChI=1S/C22H20N4O2S/c1-2-11-26-18-8-7-16(20(27)25-14-15-5-3-9-23-13-15)12-19(18)29-21-17(22(26)28)6-4-10-24-21/h3-10,12-13H,2,11,14H2,1H3,(H,25,27). The summed E-state index contributed by atoms with van der Waals surface area (Å²) in [5.41, 5.74) is 2.87. The van der Waals surface area contributed by atoms with Crippen LogP contribution in [0.3, 0.4) is 0 Å². The van der Waals surface area contributed by atoms with Crippen LogP contribution in [0.1, 0.15) is 39.6 Å². The molecule has 3 heterocycles. The van der Waals surface area contributed by atoms with Gasteiger partial charge in [0.05, 0.1) is 11.3 Å². The summed E-state index contributed by atoms with van der Waals surface area (Å²) in [5.74, 6) is -0.230. The molecule has 1 aliphatic rings. The Morgan fingerprint density at radius 1 is 1.17 bits per heavy atom. The van der Waals surface area contributed by atoms with E-state index in [1.165, 1.54) is 11.8 Å². The molecule has 0 saturated carbocycles. The fourth-order valence-electron chi connectivity index (χ4n) is 3.19. The molecule has 0 atom stereocenters. The number of nitrogens with zero attached hydrogens (tertiary/aromatic N) is 3. The van der Waals surface area contributed by atoms with Crippen LogP contribution in [-0.4, -0.2) is 28.3 Å². The summed E-state index contributed by atoms with van der Waals surface area (Å²) in [5, 5.41) is 3.58. The van der Waals surface area contributed by atoms with Gasteiger partial charge in [-0.3, -0.25) is 14.6 Å². The lowest BCUT2D eigenvalue weighted by Crippen LogP contribution is -2.31. The van der Waals surface area contributed by atoms with Crippen molar-refractivity contribution in [3.63, 3.8) is 0 Å². The molecule has 146 valence electrons. The lowest BCUT2D eigenvalue weighted by atomic mass is 10.1. The summed E-state index contributed by atoms with van der Waals surface area (Å²) in [4.78, 5) is 36.8. The number of rotatable bonds is 5. The lowest BCUT2D eigenvalue weighted by Gasteiger charge is -2.22. The number of fused-ring (bicyclic) bond motifs is 2. The SMILES string of the molecule is CCCN1C(=O)c2cccnc2Sc2cc(C(=O)NCc3cccnc3)ccc21. The van der Waals surface area contributed by atoms with Crippen LogP contribution in [0.5, 0.6) is 0 Å². The Hall–Kier alpha value is -3.19. The van der Waals surface area contributed by atoms with E-state index in [9.17, 15) is 9.59 Å². The van der Waals surface area contributed by atoms with E-state index < -0.39 is 0 Å². The predicted octanol–water partition coefficient (Wildman–Crippen LogP) is 3.93. The van der Waals surface area contributed by atoms with Gasteiger partial charge >= 0.3 is 0 Å². The summed E-state index contributed by atoms with van der Waals surface area (Å²) in [7, 11) is 0. The maximum absolute atomic E-state index is 13.1. The smallest absolute Gasteiger partial charge is 0.261 e. The Balaban J connectivity index is 1.64. The summed E-state index contributed by atoms with van der Waals surface area (Å²) >= 11 is 1.42. The third-order valence-electron chi connectivity index (χ3n) is 4.59. The number of hydrogen-bond donors (Lipinski definition) is 1. The van der Waals surface area contributed by atoms with Crippen LogP contribution in [0.4, 0.5) is 5.69 Å². The summed E-state index contributed by atoms with van der Waals surface area (Å²) in [6.07, 6.45) is 5.94. The van der Waals surface area contributed by atoms with Gasteiger partial charge in [-0.1, -0.05) is 24.8 Å². The molecule has 4 rings (SSSR count). The molecule has 1 N–H and O–H groups in total. The number of anilines is 1. The molecular formula is C22H20N4O2S. The third kappa shape index (κ3) is 4.00. The Bertz CT molecular complexity index is 1060. The zero-order valence-electron chi connectivity index (χ0n) is 16.0. The second-order valence-corrected chi connectivity index (χ2v) is 7.67. The number of carbonyl (C=O) groups is 2. The average molecular weight is 404 g/mol. The lowest BCUT2D eigenvalue weighted by molar-refractivity contribution is 0.0949. The molecule has 0 fully saturated rings. The minimum atomic E-state index is -0.170. The number of pyridine rings is 2. The van der Waals surface area contributed by atoms with Gasteiger partial charge in [0.2, 0.25) is 0 Å². The van der Waals surface area contributed by atoms with Crippen molar-refractivity contribution >= 4 is 29.3 Å². The third-order valence-corrected chi connectivity index (χ3v) is 5.65. The predicted molar refractivity (Wildman–Crippen MR) is 112 cm³/mol. The molecule has 1 aliphatic heterocycles. The molecule has 0 radical (unpaired) electrons. The van der Waals surface area contributed by atoms with E-state index >= 15 is 0 Å². The van der Waals surface area contributed by atoms with Crippen molar-refractivity contribution in [3.8, 4) is 0 Å². The highest BCUT2D eigenvalue weighted by molar-refractivity contribution is 7.99. The molecule has 29 heavy (non-hydrogen) atoms. The van der Waals surface area contributed by atoms with Gasteiger partial charge in [-0.15, -0.1) is 0 Å². The second-order valence-electron chi connectivity index (χ2n) is 6.64. The first-order valence-electron chi connectivity index (χ1n) is 9.43. The van der Waals surface area contributed by atoms with Crippen LogP contribution in [0, 0.1) is 0 Å². The molecule has 2 aromatic heterocycles. The van der Waals surface area contributed by atoms with E-state index in [1.54, 1.807) is 41.7 Å². The van der Waals surface area contributed by atoms with Crippen LogP contribution >= 0.6 is 11.8 Å². The Morgan fingerprint density at radius 3 is 2.83 bits per heavy atom. The molecule has 0 aliphatic carbocycles. The minimum Gasteiger partial charge on any atom is -0.348 e. The molecule has 0 spiro atoms. The molecule has 2 amide bonds. The Morgan fingerprint density at radius 2 is 2.03 bits per heavy atom. The number of nitrogens with one attached hydrogen (secondary N) is 1. The molecule has 1 aromatic carbocycles. The highest BCUT2D eigenvalue weighted by Gasteiger charge is 2.28. The van der Waals surface area contributed by atoms with E-state index in [0.717, 1.165) is 22.6 Å². The Kier molecular flexibility index (Phi) is 5.57. The van der Waals surface area contributed by atoms with Gasteiger partial charge in [0, 0.05) is 42.1 Å². The highest BCUT2D eigenvalue weighted by Crippen LogP contribution is 2.40. The van der Waals surface area contributed by atoms with Crippen LogP contribution < -0.4 is 10.2 Å². The first-order chi connectivity index (χ1) is 14.2. The Labute approximate surface area is 173 Å². The highest BCUT2D eigenvalue weighted by atomic mass is 32.2. The van der Waals surface area contributed by atoms with E-state index in [-0.39, 0.29) is 11.8 Å². The van der Waals surface area contributed by atoms with E-state index in [1.807, 2.05) is 31.2 Å². The van der Waals surface area contributed by atoms with E-state index in [0.29, 0.717) is 29.2 Å². The number of benzene rings is 1. The van der Waals surface area contributed by atoms with Crippen molar-refractivity contribution in [3.05, 3.63) is 77.7 Å². The first-order valence-corrected chi connectivity index (χ1v) is 10.2. The molecule has 0 unspecified atom stereocenters. The maximum atomic E-state index is 13.1. The fourth-order valence-corrected chi connectivity index (χ4v) is 4.24. The van der Waals surface area contributed by atoms with Crippen molar-refractivity contribution < 1.29 is 9.59 Å². The van der Waals surface area contributed by atoms with Gasteiger partial charge in [-0.25, -0.2) is 4.98 Å². The van der Waals surface area contributed by atoms with Gasteiger partial charge in [-0.2, -0.15) is 0 Å². The summed E-state index contributed by atoms with van der Waals surface area (Å²) in [6, 6.07) is 12.8. The molecule has 6 nitrogen and oxygen atoms in total. The monoisotopic (exact) mass is 404 g/mol. The maximum Gasteiger partial charge on any atom is 0.261 e. The molecule has 0 bridgehead atoms. The normalized spacial score (nSPS) is 12.7. The molecular weight excluding hydrogens is 384 g/mol.